The molecule has 0 saturated heterocycles. The van der Waals surface area contributed by atoms with Gasteiger partial charge in [-0.05, 0) is 76.1 Å². The molecule has 1 unspecified atom stereocenters. The maximum Gasteiger partial charge on any atom is 0.318 e. The van der Waals surface area contributed by atoms with Gasteiger partial charge in [-0.2, -0.15) is 15.1 Å². The molecule has 1 atom stereocenters. The van der Waals surface area contributed by atoms with Crippen LogP contribution in [0.25, 0.3) is 10.8 Å². The fourth-order valence-electron chi connectivity index (χ4n) is 6.94. The highest BCUT2D eigenvalue weighted by Crippen LogP contribution is 2.46. The van der Waals surface area contributed by atoms with Crippen molar-refractivity contribution >= 4 is 22.3 Å². The van der Waals surface area contributed by atoms with Crippen LogP contribution in [0.3, 0.4) is 0 Å². The first-order valence-electron chi connectivity index (χ1n) is 15.2. The summed E-state index contributed by atoms with van der Waals surface area (Å²) in [7, 11) is 4.27. The van der Waals surface area contributed by atoms with Gasteiger partial charge < -0.3 is 19.9 Å². The Bertz CT molecular complexity index is 1550. The lowest BCUT2D eigenvalue weighted by Crippen LogP contribution is -2.33. The van der Waals surface area contributed by atoms with Gasteiger partial charge in [0.25, 0.3) is 0 Å². The summed E-state index contributed by atoms with van der Waals surface area (Å²) in [5.41, 5.74) is 7.68. The summed E-state index contributed by atoms with van der Waals surface area (Å²) in [5.74, 6) is 0.924. The molecule has 41 heavy (non-hydrogen) atoms. The molecule has 0 amide bonds. The monoisotopic (exact) mass is 551 g/mol. The molecule has 0 spiro atoms. The molecule has 8 heteroatoms. The van der Waals surface area contributed by atoms with E-state index in [2.05, 4.69) is 82.7 Å². The van der Waals surface area contributed by atoms with Crippen molar-refractivity contribution in [3.63, 3.8) is 0 Å². The maximum atomic E-state index is 6.41. The zero-order valence-electron chi connectivity index (χ0n) is 24.5. The van der Waals surface area contributed by atoms with Crippen LogP contribution in [0.5, 0.6) is 6.01 Å². The smallest absolute Gasteiger partial charge is 0.318 e. The topological polar surface area (TPSA) is 82.2 Å². The molecule has 3 heterocycles. The summed E-state index contributed by atoms with van der Waals surface area (Å²) in [6.07, 6.45) is 9.51. The van der Waals surface area contributed by atoms with Crippen LogP contribution >= 0.6 is 0 Å². The Hall–Kier alpha value is -3.65. The lowest BCUT2D eigenvalue weighted by atomic mass is 9.92. The van der Waals surface area contributed by atoms with Crippen molar-refractivity contribution in [1.82, 2.24) is 25.1 Å². The minimum absolute atomic E-state index is 0.191. The number of rotatable bonds is 9. The van der Waals surface area contributed by atoms with E-state index < -0.39 is 0 Å². The average molecular weight is 552 g/mol. The Morgan fingerprint density at radius 1 is 1.12 bits per heavy atom. The van der Waals surface area contributed by atoms with Crippen molar-refractivity contribution in [2.75, 3.05) is 44.0 Å². The van der Waals surface area contributed by atoms with Gasteiger partial charge in [0.05, 0.1) is 31.1 Å². The predicted octanol–water partition coefficient (Wildman–Crippen LogP) is 5.69. The molecule has 214 valence electrons. The lowest BCUT2D eigenvalue weighted by molar-refractivity contribution is 0.182. The third-order valence-electron chi connectivity index (χ3n) is 9.21. The highest BCUT2D eigenvalue weighted by molar-refractivity contribution is 5.97. The first-order valence-corrected chi connectivity index (χ1v) is 15.2. The van der Waals surface area contributed by atoms with Crippen molar-refractivity contribution < 1.29 is 4.74 Å². The Labute approximate surface area is 242 Å². The summed E-state index contributed by atoms with van der Waals surface area (Å²) < 4.78 is 6.41. The molecule has 3 aliphatic rings. The first-order chi connectivity index (χ1) is 20.0. The second kappa shape index (κ2) is 10.6. The SMILES string of the molecule is CCc1cccc2cccc(N3CCc4c(nc(OCC5(CN(C)C)CC5)nc4NC4CCCc5[nH]ncc54)C3)c12. The standard InChI is InChI=1S/C33H41N7O/c1-4-22-8-5-9-23-10-6-13-29(30(22)23)40-17-14-24-28(19-40)36-32(41-21-33(15-16-33)20-39(2)3)37-31(24)35-26-11-7-12-27-25(26)18-34-38-27/h5-6,8-10,13,18,26H,4,7,11-12,14-17,19-21H2,1-3H3,(H,34,38)(H,35,36,37). The number of benzene rings is 2. The molecular formula is C33H41N7O. The van der Waals surface area contributed by atoms with E-state index in [1.54, 1.807) is 0 Å². The van der Waals surface area contributed by atoms with Crippen LogP contribution < -0.4 is 15.0 Å². The minimum Gasteiger partial charge on any atom is -0.463 e. The number of aryl methyl sites for hydroxylation is 2. The van der Waals surface area contributed by atoms with Crippen LogP contribution in [0.1, 0.15) is 66.7 Å². The molecule has 0 radical (unpaired) electrons. The molecule has 2 aromatic heterocycles. The van der Waals surface area contributed by atoms with Crippen molar-refractivity contribution in [1.29, 1.82) is 0 Å². The average Bonchev–Trinajstić information content (AvgIpc) is 3.56. The van der Waals surface area contributed by atoms with Crippen molar-refractivity contribution in [3.05, 3.63) is 70.7 Å². The summed E-state index contributed by atoms with van der Waals surface area (Å²) in [5, 5.41) is 14.0. The van der Waals surface area contributed by atoms with E-state index in [-0.39, 0.29) is 11.5 Å². The number of fused-ring (bicyclic) bond motifs is 3. The fourth-order valence-corrected chi connectivity index (χ4v) is 6.94. The van der Waals surface area contributed by atoms with E-state index in [1.807, 2.05) is 6.20 Å². The van der Waals surface area contributed by atoms with Gasteiger partial charge in [0.2, 0.25) is 0 Å². The molecular weight excluding hydrogens is 510 g/mol. The quantitative estimate of drug-likeness (QED) is 0.277. The number of nitrogens with zero attached hydrogens (tertiary/aromatic N) is 5. The van der Waals surface area contributed by atoms with E-state index >= 15 is 0 Å². The Balaban J connectivity index is 1.22. The van der Waals surface area contributed by atoms with Crippen molar-refractivity contribution in [2.24, 2.45) is 5.41 Å². The highest BCUT2D eigenvalue weighted by Gasteiger charge is 2.44. The van der Waals surface area contributed by atoms with Gasteiger partial charge in [0.15, 0.2) is 0 Å². The van der Waals surface area contributed by atoms with Gasteiger partial charge in [-0.1, -0.05) is 37.3 Å². The Morgan fingerprint density at radius 2 is 1.98 bits per heavy atom. The van der Waals surface area contributed by atoms with Gasteiger partial charge in [-0.15, -0.1) is 0 Å². The molecule has 4 aromatic rings. The lowest BCUT2D eigenvalue weighted by Gasteiger charge is -2.33. The van der Waals surface area contributed by atoms with Gasteiger partial charge in [-0.3, -0.25) is 5.10 Å². The highest BCUT2D eigenvalue weighted by atomic mass is 16.5. The summed E-state index contributed by atoms with van der Waals surface area (Å²) in [6, 6.07) is 14.0. The van der Waals surface area contributed by atoms with E-state index in [1.165, 1.54) is 51.7 Å². The predicted molar refractivity (Wildman–Crippen MR) is 164 cm³/mol. The molecule has 1 saturated carbocycles. The molecule has 2 aliphatic carbocycles. The zero-order valence-corrected chi connectivity index (χ0v) is 24.5. The zero-order chi connectivity index (χ0) is 28.0. The number of anilines is 2. The summed E-state index contributed by atoms with van der Waals surface area (Å²) in [6.45, 7) is 5.60. The molecule has 1 fully saturated rings. The molecule has 2 aromatic carbocycles. The summed E-state index contributed by atoms with van der Waals surface area (Å²) >= 11 is 0. The molecule has 7 rings (SSSR count). The van der Waals surface area contributed by atoms with E-state index in [0.29, 0.717) is 12.6 Å². The maximum absolute atomic E-state index is 6.41. The number of H-pyrrole nitrogens is 1. The van der Waals surface area contributed by atoms with Gasteiger partial charge in [-0.25, -0.2) is 0 Å². The number of aromatic nitrogens is 4. The van der Waals surface area contributed by atoms with E-state index in [0.717, 1.165) is 63.3 Å². The third-order valence-corrected chi connectivity index (χ3v) is 9.21. The number of aromatic amines is 1. The Morgan fingerprint density at radius 3 is 2.78 bits per heavy atom. The fraction of sp³-hybridized carbons (Fsp3) is 0.485. The molecule has 2 N–H and O–H groups in total. The summed E-state index contributed by atoms with van der Waals surface area (Å²) in [4.78, 5) is 14.8. The second-order valence-electron chi connectivity index (χ2n) is 12.5. The Kier molecular flexibility index (Phi) is 6.81. The van der Waals surface area contributed by atoms with Gasteiger partial charge >= 0.3 is 6.01 Å². The molecule has 0 bridgehead atoms. The number of ether oxygens (including phenoxy) is 1. The van der Waals surface area contributed by atoms with Crippen LogP contribution in [0.15, 0.2) is 42.6 Å². The minimum atomic E-state index is 0.191. The van der Waals surface area contributed by atoms with Crippen LogP contribution in [-0.4, -0.2) is 58.9 Å². The van der Waals surface area contributed by atoms with Crippen LogP contribution in [0, 0.1) is 5.41 Å². The third kappa shape index (κ3) is 5.14. The van der Waals surface area contributed by atoms with E-state index in [4.69, 9.17) is 14.7 Å². The van der Waals surface area contributed by atoms with Gasteiger partial charge in [0.1, 0.15) is 5.82 Å². The molecule has 8 nitrogen and oxygen atoms in total. The van der Waals surface area contributed by atoms with E-state index in [9.17, 15) is 0 Å². The number of hydrogen-bond donors (Lipinski definition) is 2. The number of nitrogens with one attached hydrogen (secondary N) is 2. The van der Waals surface area contributed by atoms with Crippen molar-refractivity contribution in [3.8, 4) is 6.01 Å². The molecule has 1 aliphatic heterocycles. The second-order valence-corrected chi connectivity index (χ2v) is 12.5. The normalized spacial score (nSPS) is 19.2. The van der Waals surface area contributed by atoms with Gasteiger partial charge in [0, 0.05) is 46.4 Å². The van der Waals surface area contributed by atoms with Crippen LogP contribution in [0.2, 0.25) is 0 Å². The van der Waals surface area contributed by atoms with Crippen LogP contribution in [0.4, 0.5) is 11.5 Å². The van der Waals surface area contributed by atoms with Crippen LogP contribution in [-0.2, 0) is 25.8 Å². The number of hydrogen-bond acceptors (Lipinski definition) is 7. The first kappa shape index (κ1) is 26.3. The largest absolute Gasteiger partial charge is 0.463 e. The van der Waals surface area contributed by atoms with Crippen molar-refractivity contribution in [2.45, 2.75) is 64.5 Å².